The van der Waals surface area contributed by atoms with E-state index >= 15 is 0 Å². The lowest BCUT2D eigenvalue weighted by Gasteiger charge is -2.30. The van der Waals surface area contributed by atoms with Gasteiger partial charge in [0.25, 0.3) is 0 Å². The van der Waals surface area contributed by atoms with Crippen molar-refractivity contribution in [2.45, 2.75) is 25.7 Å². The summed E-state index contributed by atoms with van der Waals surface area (Å²) < 4.78 is 0. The molecular weight excluding hydrogens is 160 g/mol. The van der Waals surface area contributed by atoms with Crippen molar-refractivity contribution in [3.8, 4) is 0 Å². The third-order valence-electron chi connectivity index (χ3n) is 3.01. The largest absolute Gasteiger partial charge is 0.319 e. The van der Waals surface area contributed by atoms with Crippen LogP contribution in [0.1, 0.15) is 25.7 Å². The van der Waals surface area contributed by atoms with Crippen LogP contribution in [0.5, 0.6) is 0 Å². The predicted octanol–water partition coefficient (Wildman–Crippen LogP) is 1.57. The Bertz CT molecular complexity index is 132. The summed E-state index contributed by atoms with van der Waals surface area (Å²) in [6.45, 7) is 2.49. The Morgan fingerprint density at radius 1 is 1.23 bits per heavy atom. The molecular formula is C11H24N2. The molecule has 0 aromatic heterocycles. The van der Waals surface area contributed by atoms with Crippen molar-refractivity contribution in [3.05, 3.63) is 0 Å². The highest BCUT2D eigenvalue weighted by molar-refractivity contribution is 4.75. The van der Waals surface area contributed by atoms with Gasteiger partial charge in [0.05, 0.1) is 0 Å². The molecule has 2 atom stereocenters. The van der Waals surface area contributed by atoms with Gasteiger partial charge in [0.2, 0.25) is 0 Å². The van der Waals surface area contributed by atoms with Gasteiger partial charge in [-0.25, -0.2) is 0 Å². The average Bonchev–Trinajstić information content (AvgIpc) is 2.04. The SMILES string of the molecule is CNCC1CCCC(CN(C)C)C1. The van der Waals surface area contributed by atoms with E-state index in [1.54, 1.807) is 0 Å². The Kier molecular flexibility index (Phi) is 4.74. The summed E-state index contributed by atoms with van der Waals surface area (Å²) in [5, 5.41) is 3.30. The van der Waals surface area contributed by atoms with E-state index < -0.39 is 0 Å². The number of hydrogen-bond acceptors (Lipinski definition) is 2. The van der Waals surface area contributed by atoms with Crippen LogP contribution in [0.2, 0.25) is 0 Å². The summed E-state index contributed by atoms with van der Waals surface area (Å²) in [5.41, 5.74) is 0. The van der Waals surface area contributed by atoms with Crippen LogP contribution >= 0.6 is 0 Å². The van der Waals surface area contributed by atoms with Gasteiger partial charge in [0.15, 0.2) is 0 Å². The van der Waals surface area contributed by atoms with Crippen LogP contribution in [0.15, 0.2) is 0 Å². The minimum Gasteiger partial charge on any atom is -0.319 e. The fourth-order valence-electron chi connectivity index (χ4n) is 2.56. The monoisotopic (exact) mass is 184 g/mol. The molecule has 1 N–H and O–H groups in total. The quantitative estimate of drug-likeness (QED) is 0.713. The molecule has 0 amide bonds. The highest BCUT2D eigenvalue weighted by atomic mass is 15.1. The van der Waals surface area contributed by atoms with Gasteiger partial charge in [-0.15, -0.1) is 0 Å². The summed E-state index contributed by atoms with van der Waals surface area (Å²) in [6, 6.07) is 0. The zero-order valence-corrected chi connectivity index (χ0v) is 9.34. The summed E-state index contributed by atoms with van der Waals surface area (Å²) >= 11 is 0. The average molecular weight is 184 g/mol. The first kappa shape index (κ1) is 11.0. The Morgan fingerprint density at radius 2 is 1.92 bits per heavy atom. The molecule has 2 unspecified atom stereocenters. The number of hydrogen-bond donors (Lipinski definition) is 1. The van der Waals surface area contributed by atoms with Gasteiger partial charge >= 0.3 is 0 Å². The first-order chi connectivity index (χ1) is 6.22. The Balaban J connectivity index is 2.24. The molecule has 1 rings (SSSR count). The van der Waals surface area contributed by atoms with Crippen LogP contribution in [0, 0.1) is 11.8 Å². The predicted molar refractivity (Wildman–Crippen MR) is 57.9 cm³/mol. The second-order valence-electron chi connectivity index (χ2n) is 4.72. The normalized spacial score (nSPS) is 29.5. The fraction of sp³-hybridized carbons (Fsp3) is 1.00. The summed E-state index contributed by atoms with van der Waals surface area (Å²) in [4.78, 5) is 2.33. The van der Waals surface area contributed by atoms with E-state index in [0.29, 0.717) is 0 Å². The lowest BCUT2D eigenvalue weighted by Crippen LogP contribution is -2.30. The van der Waals surface area contributed by atoms with E-state index in [2.05, 4.69) is 31.4 Å². The molecule has 0 aromatic carbocycles. The molecule has 78 valence electrons. The van der Waals surface area contributed by atoms with Crippen molar-refractivity contribution in [2.75, 3.05) is 34.2 Å². The summed E-state index contributed by atoms with van der Waals surface area (Å²) in [5.74, 6) is 1.88. The minimum atomic E-state index is 0.934. The molecule has 1 aliphatic carbocycles. The summed E-state index contributed by atoms with van der Waals surface area (Å²) in [6.07, 6.45) is 5.74. The molecule has 1 aliphatic rings. The topological polar surface area (TPSA) is 15.3 Å². The molecule has 13 heavy (non-hydrogen) atoms. The molecule has 1 fully saturated rings. The molecule has 2 nitrogen and oxygen atoms in total. The molecule has 1 saturated carbocycles. The van der Waals surface area contributed by atoms with Gasteiger partial charge in [0, 0.05) is 6.54 Å². The smallest absolute Gasteiger partial charge is 0.000367 e. The first-order valence-corrected chi connectivity index (χ1v) is 5.51. The fourth-order valence-corrected chi connectivity index (χ4v) is 2.56. The molecule has 0 saturated heterocycles. The van der Waals surface area contributed by atoms with Crippen molar-refractivity contribution in [3.63, 3.8) is 0 Å². The minimum absolute atomic E-state index is 0.934. The van der Waals surface area contributed by atoms with E-state index in [4.69, 9.17) is 0 Å². The van der Waals surface area contributed by atoms with Gasteiger partial charge in [-0.05, 0) is 58.8 Å². The van der Waals surface area contributed by atoms with E-state index in [1.165, 1.54) is 38.8 Å². The Hall–Kier alpha value is -0.0800. The number of nitrogens with one attached hydrogen (secondary N) is 1. The maximum atomic E-state index is 3.30. The van der Waals surface area contributed by atoms with Crippen LogP contribution in [-0.2, 0) is 0 Å². The highest BCUT2D eigenvalue weighted by Gasteiger charge is 2.21. The Morgan fingerprint density at radius 3 is 2.54 bits per heavy atom. The zero-order chi connectivity index (χ0) is 9.68. The Labute approximate surface area is 82.7 Å². The van der Waals surface area contributed by atoms with Crippen LogP contribution in [0.3, 0.4) is 0 Å². The highest BCUT2D eigenvalue weighted by Crippen LogP contribution is 2.28. The number of nitrogens with zero attached hydrogens (tertiary/aromatic N) is 1. The van der Waals surface area contributed by atoms with Gasteiger partial charge in [0.1, 0.15) is 0 Å². The van der Waals surface area contributed by atoms with Gasteiger partial charge in [-0.1, -0.05) is 6.42 Å². The first-order valence-electron chi connectivity index (χ1n) is 5.51. The third-order valence-corrected chi connectivity index (χ3v) is 3.01. The third kappa shape index (κ3) is 4.10. The second kappa shape index (κ2) is 5.61. The molecule has 0 aliphatic heterocycles. The van der Waals surface area contributed by atoms with Crippen LogP contribution in [0.25, 0.3) is 0 Å². The second-order valence-corrected chi connectivity index (χ2v) is 4.72. The van der Waals surface area contributed by atoms with Gasteiger partial charge in [-0.2, -0.15) is 0 Å². The molecule has 2 heteroatoms. The van der Waals surface area contributed by atoms with Gasteiger partial charge < -0.3 is 10.2 Å². The zero-order valence-electron chi connectivity index (χ0n) is 9.34. The molecule has 0 aromatic rings. The maximum absolute atomic E-state index is 3.30. The van der Waals surface area contributed by atoms with Crippen LogP contribution < -0.4 is 5.32 Å². The molecule has 0 radical (unpaired) electrons. The van der Waals surface area contributed by atoms with Crippen molar-refractivity contribution >= 4 is 0 Å². The van der Waals surface area contributed by atoms with E-state index in [1.807, 2.05) is 0 Å². The molecule has 0 heterocycles. The molecule has 0 bridgehead atoms. The standard InChI is InChI=1S/C11H24N2/c1-12-8-10-5-4-6-11(7-10)9-13(2)3/h10-12H,4-9H2,1-3H3. The molecule has 0 spiro atoms. The summed E-state index contributed by atoms with van der Waals surface area (Å²) in [7, 11) is 6.43. The van der Waals surface area contributed by atoms with E-state index in [0.717, 1.165) is 11.8 Å². The van der Waals surface area contributed by atoms with Crippen molar-refractivity contribution < 1.29 is 0 Å². The maximum Gasteiger partial charge on any atom is 0.000367 e. The van der Waals surface area contributed by atoms with E-state index in [-0.39, 0.29) is 0 Å². The van der Waals surface area contributed by atoms with Crippen molar-refractivity contribution in [1.82, 2.24) is 10.2 Å². The van der Waals surface area contributed by atoms with Crippen molar-refractivity contribution in [2.24, 2.45) is 11.8 Å². The lowest BCUT2D eigenvalue weighted by atomic mass is 9.81. The van der Waals surface area contributed by atoms with Crippen LogP contribution in [-0.4, -0.2) is 39.1 Å². The van der Waals surface area contributed by atoms with E-state index in [9.17, 15) is 0 Å². The number of rotatable bonds is 4. The van der Waals surface area contributed by atoms with Gasteiger partial charge in [-0.3, -0.25) is 0 Å². The van der Waals surface area contributed by atoms with Crippen molar-refractivity contribution in [1.29, 1.82) is 0 Å². The van der Waals surface area contributed by atoms with Crippen LogP contribution in [0.4, 0.5) is 0 Å². The lowest BCUT2D eigenvalue weighted by molar-refractivity contribution is 0.213.